The lowest BCUT2D eigenvalue weighted by molar-refractivity contribution is -0.124. The van der Waals surface area contributed by atoms with Crippen LogP contribution in [0.25, 0.3) is 0 Å². The SMILES string of the molecule is O=C(CN1C(=O)CCCc2ccccc21)NC1CCOCC1. The van der Waals surface area contributed by atoms with Crippen molar-refractivity contribution in [2.24, 2.45) is 0 Å². The number of carbonyl (C=O) groups excluding carboxylic acids is 2. The molecule has 0 spiro atoms. The molecule has 2 aliphatic rings. The van der Waals surface area contributed by atoms with Gasteiger partial charge >= 0.3 is 0 Å². The summed E-state index contributed by atoms with van der Waals surface area (Å²) in [6.07, 6.45) is 3.92. The van der Waals surface area contributed by atoms with E-state index in [0.717, 1.165) is 36.9 Å². The van der Waals surface area contributed by atoms with E-state index in [0.29, 0.717) is 19.6 Å². The molecule has 0 aromatic heterocycles. The smallest absolute Gasteiger partial charge is 0.240 e. The minimum atomic E-state index is -0.0862. The normalized spacial score (nSPS) is 19.5. The van der Waals surface area contributed by atoms with Crippen LogP contribution in [0, 0.1) is 0 Å². The summed E-state index contributed by atoms with van der Waals surface area (Å²) in [6, 6.07) is 8.03. The standard InChI is InChI=1S/C17H22N2O3/c20-16(18-14-8-10-22-11-9-14)12-19-15-6-2-1-4-13(15)5-3-7-17(19)21/h1-2,4,6,14H,3,5,7-12H2,(H,18,20). The van der Waals surface area contributed by atoms with Crippen LogP contribution in [0.4, 0.5) is 5.69 Å². The quantitative estimate of drug-likeness (QED) is 0.923. The van der Waals surface area contributed by atoms with E-state index in [-0.39, 0.29) is 24.4 Å². The highest BCUT2D eigenvalue weighted by Crippen LogP contribution is 2.26. The Morgan fingerprint density at radius 1 is 1.23 bits per heavy atom. The number of para-hydroxylation sites is 1. The maximum atomic E-state index is 12.3. The molecule has 1 N–H and O–H groups in total. The fraction of sp³-hybridized carbons (Fsp3) is 0.529. The van der Waals surface area contributed by atoms with Crippen molar-refractivity contribution in [3.8, 4) is 0 Å². The fourth-order valence-electron chi connectivity index (χ4n) is 3.12. The van der Waals surface area contributed by atoms with E-state index < -0.39 is 0 Å². The summed E-state index contributed by atoms with van der Waals surface area (Å²) in [4.78, 5) is 26.3. The maximum absolute atomic E-state index is 12.3. The maximum Gasteiger partial charge on any atom is 0.240 e. The molecule has 5 heteroatoms. The number of carbonyl (C=O) groups is 2. The molecule has 0 bridgehead atoms. The number of nitrogens with zero attached hydrogens (tertiary/aromatic N) is 1. The first-order chi connectivity index (χ1) is 10.7. The van der Waals surface area contributed by atoms with Crippen LogP contribution < -0.4 is 10.2 Å². The first-order valence-corrected chi connectivity index (χ1v) is 7.99. The Morgan fingerprint density at radius 2 is 2.00 bits per heavy atom. The molecule has 118 valence electrons. The second-order valence-corrected chi connectivity index (χ2v) is 5.92. The average Bonchev–Trinajstić information content (AvgIpc) is 2.68. The summed E-state index contributed by atoms with van der Waals surface area (Å²) < 4.78 is 5.30. The van der Waals surface area contributed by atoms with Crippen LogP contribution in [0.2, 0.25) is 0 Å². The van der Waals surface area contributed by atoms with Gasteiger partial charge in [-0.05, 0) is 37.3 Å². The van der Waals surface area contributed by atoms with E-state index in [1.54, 1.807) is 4.90 Å². The Hall–Kier alpha value is -1.88. The van der Waals surface area contributed by atoms with E-state index in [4.69, 9.17) is 4.74 Å². The molecule has 0 unspecified atom stereocenters. The molecule has 0 radical (unpaired) electrons. The molecule has 1 fully saturated rings. The summed E-state index contributed by atoms with van der Waals surface area (Å²) in [5.74, 6) is -0.0518. The van der Waals surface area contributed by atoms with Gasteiger partial charge < -0.3 is 15.0 Å². The van der Waals surface area contributed by atoms with E-state index in [1.807, 2.05) is 24.3 Å². The lowest BCUT2D eigenvalue weighted by atomic mass is 10.1. The average molecular weight is 302 g/mol. The van der Waals surface area contributed by atoms with Gasteiger partial charge in [0.1, 0.15) is 6.54 Å². The fourth-order valence-corrected chi connectivity index (χ4v) is 3.12. The van der Waals surface area contributed by atoms with Crippen LogP contribution >= 0.6 is 0 Å². The van der Waals surface area contributed by atoms with Crippen molar-refractivity contribution in [3.05, 3.63) is 29.8 Å². The number of hydrogen-bond acceptors (Lipinski definition) is 3. The van der Waals surface area contributed by atoms with E-state index in [1.165, 1.54) is 0 Å². The number of fused-ring (bicyclic) bond motifs is 1. The molecule has 1 aromatic rings. The zero-order valence-electron chi connectivity index (χ0n) is 12.7. The molecular formula is C17H22N2O3. The number of ether oxygens (including phenoxy) is 1. The Balaban J connectivity index is 1.69. The lowest BCUT2D eigenvalue weighted by Crippen LogP contribution is -2.45. The number of amides is 2. The molecular weight excluding hydrogens is 280 g/mol. The van der Waals surface area contributed by atoms with Gasteiger partial charge in [-0.1, -0.05) is 18.2 Å². The van der Waals surface area contributed by atoms with Gasteiger partial charge in [0, 0.05) is 31.4 Å². The van der Waals surface area contributed by atoms with Gasteiger partial charge in [0.2, 0.25) is 11.8 Å². The summed E-state index contributed by atoms with van der Waals surface area (Å²) in [6.45, 7) is 1.49. The summed E-state index contributed by atoms with van der Waals surface area (Å²) >= 11 is 0. The Kier molecular flexibility index (Phi) is 4.73. The van der Waals surface area contributed by atoms with E-state index >= 15 is 0 Å². The third kappa shape index (κ3) is 3.47. The van der Waals surface area contributed by atoms with Crippen LogP contribution in [-0.2, 0) is 20.7 Å². The van der Waals surface area contributed by atoms with Crippen LogP contribution in [0.1, 0.15) is 31.2 Å². The molecule has 22 heavy (non-hydrogen) atoms. The van der Waals surface area contributed by atoms with Gasteiger partial charge in [0.25, 0.3) is 0 Å². The van der Waals surface area contributed by atoms with Crippen molar-refractivity contribution < 1.29 is 14.3 Å². The second-order valence-electron chi connectivity index (χ2n) is 5.92. The molecule has 2 amide bonds. The first-order valence-electron chi connectivity index (χ1n) is 7.99. The van der Waals surface area contributed by atoms with E-state index in [9.17, 15) is 9.59 Å². The van der Waals surface area contributed by atoms with Gasteiger partial charge in [-0.15, -0.1) is 0 Å². The molecule has 0 saturated carbocycles. The number of nitrogens with one attached hydrogen (secondary N) is 1. The summed E-state index contributed by atoms with van der Waals surface area (Å²) in [7, 11) is 0. The Labute approximate surface area is 130 Å². The van der Waals surface area contributed by atoms with Gasteiger partial charge in [0.05, 0.1) is 0 Å². The zero-order chi connectivity index (χ0) is 15.4. The molecule has 1 aromatic carbocycles. The number of hydrogen-bond donors (Lipinski definition) is 1. The van der Waals surface area contributed by atoms with Crippen molar-refractivity contribution in [1.29, 1.82) is 0 Å². The topological polar surface area (TPSA) is 58.6 Å². The highest BCUT2D eigenvalue weighted by atomic mass is 16.5. The molecule has 0 atom stereocenters. The van der Waals surface area contributed by atoms with Crippen LogP contribution in [0.3, 0.4) is 0 Å². The minimum Gasteiger partial charge on any atom is -0.381 e. The predicted octanol–water partition coefficient (Wildman–Crippen LogP) is 1.65. The second kappa shape index (κ2) is 6.92. The van der Waals surface area contributed by atoms with Gasteiger partial charge in [-0.3, -0.25) is 9.59 Å². The zero-order valence-corrected chi connectivity index (χ0v) is 12.7. The number of aryl methyl sites for hydroxylation is 1. The van der Waals surface area contributed by atoms with Gasteiger partial charge in [-0.2, -0.15) is 0 Å². The van der Waals surface area contributed by atoms with E-state index in [2.05, 4.69) is 5.32 Å². The Morgan fingerprint density at radius 3 is 2.82 bits per heavy atom. The van der Waals surface area contributed by atoms with Gasteiger partial charge in [0.15, 0.2) is 0 Å². The number of benzene rings is 1. The van der Waals surface area contributed by atoms with Crippen molar-refractivity contribution in [1.82, 2.24) is 5.32 Å². The highest BCUT2D eigenvalue weighted by molar-refractivity contribution is 5.99. The van der Waals surface area contributed by atoms with Crippen molar-refractivity contribution in [3.63, 3.8) is 0 Å². The molecule has 2 heterocycles. The minimum absolute atomic E-state index is 0.0343. The lowest BCUT2D eigenvalue weighted by Gasteiger charge is -2.26. The van der Waals surface area contributed by atoms with Crippen LogP contribution in [0.5, 0.6) is 0 Å². The molecule has 1 saturated heterocycles. The molecule has 3 rings (SSSR count). The monoisotopic (exact) mass is 302 g/mol. The molecule has 0 aliphatic carbocycles. The largest absolute Gasteiger partial charge is 0.381 e. The molecule has 2 aliphatic heterocycles. The highest BCUT2D eigenvalue weighted by Gasteiger charge is 2.25. The third-order valence-corrected chi connectivity index (χ3v) is 4.31. The van der Waals surface area contributed by atoms with Gasteiger partial charge in [-0.25, -0.2) is 0 Å². The van der Waals surface area contributed by atoms with Crippen LogP contribution in [-0.4, -0.2) is 37.6 Å². The van der Waals surface area contributed by atoms with Crippen molar-refractivity contribution >= 4 is 17.5 Å². The first kappa shape index (κ1) is 15.0. The summed E-state index contributed by atoms with van der Waals surface area (Å²) in [5.41, 5.74) is 2.03. The summed E-state index contributed by atoms with van der Waals surface area (Å²) in [5, 5.41) is 3.03. The third-order valence-electron chi connectivity index (χ3n) is 4.31. The Bertz CT molecular complexity index is 553. The molecule has 5 nitrogen and oxygen atoms in total. The van der Waals surface area contributed by atoms with Crippen LogP contribution in [0.15, 0.2) is 24.3 Å². The number of anilines is 1. The predicted molar refractivity (Wildman–Crippen MR) is 83.7 cm³/mol. The number of rotatable bonds is 3. The van der Waals surface area contributed by atoms with Crippen molar-refractivity contribution in [2.45, 2.75) is 38.1 Å². The van der Waals surface area contributed by atoms with Crippen molar-refractivity contribution in [2.75, 3.05) is 24.7 Å².